The summed E-state index contributed by atoms with van der Waals surface area (Å²) in [5.41, 5.74) is 1.30. The number of halogens is 1. The summed E-state index contributed by atoms with van der Waals surface area (Å²) in [6, 6.07) is 14.9. The largest absolute Gasteiger partial charge is 0.438 e. The minimum Gasteiger partial charge on any atom is -0.388 e. The van der Waals surface area contributed by atoms with Gasteiger partial charge in [0.15, 0.2) is 0 Å². The molecular weight excluding hydrogens is 375 g/mol. The minimum absolute atomic E-state index is 0.0274. The van der Waals surface area contributed by atoms with Gasteiger partial charge < -0.3 is 9.73 Å². The van der Waals surface area contributed by atoms with E-state index in [9.17, 15) is 14.0 Å². The van der Waals surface area contributed by atoms with Crippen LogP contribution in [0.4, 0.5) is 10.1 Å². The number of para-hydroxylation sites is 1. The number of aromatic nitrogens is 2. The number of hydrogen-bond acceptors (Lipinski definition) is 5. The van der Waals surface area contributed by atoms with Gasteiger partial charge in [0.05, 0.1) is 5.92 Å². The van der Waals surface area contributed by atoms with Crippen LogP contribution in [0.25, 0.3) is 11.5 Å². The summed E-state index contributed by atoms with van der Waals surface area (Å²) in [6.45, 7) is 1.53. The van der Waals surface area contributed by atoms with Crippen LogP contribution in [0.15, 0.2) is 63.8 Å². The summed E-state index contributed by atoms with van der Waals surface area (Å²) in [6.07, 6.45) is 1.65. The van der Waals surface area contributed by atoms with Gasteiger partial charge in [0, 0.05) is 17.8 Å². The summed E-state index contributed by atoms with van der Waals surface area (Å²) in [7, 11) is 0. The van der Waals surface area contributed by atoms with Crippen LogP contribution >= 0.6 is 0 Å². The van der Waals surface area contributed by atoms with Gasteiger partial charge in [-0.3, -0.25) is 9.69 Å². The number of anilines is 1. The summed E-state index contributed by atoms with van der Waals surface area (Å²) < 4.78 is 19.5. The van der Waals surface area contributed by atoms with E-state index in [0.29, 0.717) is 12.1 Å². The van der Waals surface area contributed by atoms with Crippen molar-refractivity contribution >= 4 is 11.6 Å². The average Bonchev–Trinajstić information content (AvgIpc) is 3.10. The molecule has 8 heteroatoms. The minimum atomic E-state index is -0.583. The van der Waals surface area contributed by atoms with Crippen molar-refractivity contribution in [1.82, 2.24) is 14.7 Å². The quantitative estimate of drug-likeness (QED) is 0.717. The van der Waals surface area contributed by atoms with Gasteiger partial charge in [-0.05, 0) is 55.8 Å². The van der Waals surface area contributed by atoms with Gasteiger partial charge in [-0.15, -0.1) is 5.10 Å². The number of rotatable bonds is 5. The number of likely N-dealkylation sites (tertiary alicyclic amines) is 1. The number of nitrogens with zero attached hydrogens (tertiary/aromatic N) is 3. The molecule has 1 aliphatic heterocycles. The molecule has 3 aromatic rings. The Morgan fingerprint density at radius 2 is 1.93 bits per heavy atom. The number of hydrogen-bond donors (Lipinski definition) is 1. The molecule has 7 nitrogen and oxygen atoms in total. The van der Waals surface area contributed by atoms with Gasteiger partial charge in [0.25, 0.3) is 0 Å². The van der Waals surface area contributed by atoms with Crippen molar-refractivity contribution in [2.75, 3.05) is 18.4 Å². The molecule has 1 fully saturated rings. The zero-order chi connectivity index (χ0) is 20.2. The van der Waals surface area contributed by atoms with E-state index in [1.165, 1.54) is 28.9 Å². The van der Waals surface area contributed by atoms with Crippen LogP contribution in [0.1, 0.15) is 12.8 Å². The third-order valence-corrected chi connectivity index (χ3v) is 4.95. The van der Waals surface area contributed by atoms with E-state index < -0.39 is 5.76 Å². The molecule has 1 aliphatic rings. The molecule has 1 unspecified atom stereocenters. The molecule has 2 heterocycles. The van der Waals surface area contributed by atoms with E-state index in [0.717, 1.165) is 25.1 Å². The second kappa shape index (κ2) is 8.40. The van der Waals surface area contributed by atoms with Gasteiger partial charge in [-0.1, -0.05) is 18.2 Å². The topological polar surface area (TPSA) is 80.4 Å². The standard InChI is InChI=1S/C21H21FN4O3/c22-17-10-8-15(9-11-17)20-24-26(21(28)29-20)14-25-12-4-5-16(13-25)19(27)23-18-6-2-1-3-7-18/h1-3,6-11,16H,4-5,12-14H2,(H,23,27). The number of piperidine rings is 1. The second-order valence-corrected chi connectivity index (χ2v) is 7.09. The molecule has 2 aromatic carbocycles. The zero-order valence-corrected chi connectivity index (χ0v) is 15.8. The highest BCUT2D eigenvalue weighted by Gasteiger charge is 2.26. The molecule has 0 spiro atoms. The normalized spacial score (nSPS) is 17.2. The first kappa shape index (κ1) is 19.1. The third-order valence-electron chi connectivity index (χ3n) is 4.95. The van der Waals surface area contributed by atoms with E-state index in [-0.39, 0.29) is 30.2 Å². The number of amides is 1. The first-order valence-electron chi connectivity index (χ1n) is 9.50. The highest BCUT2D eigenvalue weighted by atomic mass is 19.1. The Balaban J connectivity index is 1.41. The van der Waals surface area contributed by atoms with Crippen LogP contribution in [0, 0.1) is 11.7 Å². The summed E-state index contributed by atoms with van der Waals surface area (Å²) in [5.74, 6) is -1.00. The van der Waals surface area contributed by atoms with Crippen molar-refractivity contribution in [2.24, 2.45) is 5.92 Å². The lowest BCUT2D eigenvalue weighted by Gasteiger charge is -2.31. The summed E-state index contributed by atoms with van der Waals surface area (Å²) in [4.78, 5) is 26.8. The number of nitrogens with one attached hydrogen (secondary N) is 1. The van der Waals surface area contributed by atoms with Gasteiger partial charge >= 0.3 is 5.76 Å². The zero-order valence-electron chi connectivity index (χ0n) is 15.8. The van der Waals surface area contributed by atoms with Crippen molar-refractivity contribution in [2.45, 2.75) is 19.5 Å². The first-order valence-corrected chi connectivity index (χ1v) is 9.50. The lowest BCUT2D eigenvalue weighted by molar-refractivity contribution is -0.121. The monoisotopic (exact) mass is 396 g/mol. The molecular formula is C21H21FN4O3. The van der Waals surface area contributed by atoms with Crippen LogP contribution in [0.5, 0.6) is 0 Å². The molecule has 0 bridgehead atoms. The Hall–Kier alpha value is -3.26. The maximum absolute atomic E-state index is 13.1. The number of benzene rings is 2. The van der Waals surface area contributed by atoms with Gasteiger partial charge in [-0.2, -0.15) is 4.68 Å². The molecule has 0 radical (unpaired) electrons. The highest BCUT2D eigenvalue weighted by Crippen LogP contribution is 2.20. The number of carbonyl (C=O) groups is 1. The molecule has 1 N–H and O–H groups in total. The molecule has 150 valence electrons. The lowest BCUT2D eigenvalue weighted by atomic mass is 9.97. The van der Waals surface area contributed by atoms with Crippen molar-refractivity contribution in [1.29, 1.82) is 0 Å². The Labute approximate surface area is 166 Å². The molecule has 1 aromatic heterocycles. The fourth-order valence-electron chi connectivity index (χ4n) is 3.46. The van der Waals surface area contributed by atoms with E-state index >= 15 is 0 Å². The van der Waals surface area contributed by atoms with E-state index in [1.807, 2.05) is 35.2 Å². The Bertz CT molecular complexity index is 1030. The SMILES string of the molecule is O=C(Nc1ccccc1)C1CCCN(Cn2nc(-c3ccc(F)cc3)oc2=O)C1. The van der Waals surface area contributed by atoms with Crippen LogP contribution < -0.4 is 11.1 Å². The van der Waals surface area contributed by atoms with Gasteiger partial charge in [-0.25, -0.2) is 9.18 Å². The molecule has 0 aliphatic carbocycles. The van der Waals surface area contributed by atoms with Crippen LogP contribution in [-0.2, 0) is 11.5 Å². The van der Waals surface area contributed by atoms with Gasteiger partial charge in [0.1, 0.15) is 12.5 Å². The molecule has 1 amide bonds. The molecule has 29 heavy (non-hydrogen) atoms. The lowest BCUT2D eigenvalue weighted by Crippen LogP contribution is -2.42. The van der Waals surface area contributed by atoms with Crippen LogP contribution in [0.2, 0.25) is 0 Å². The molecule has 4 rings (SSSR count). The van der Waals surface area contributed by atoms with Crippen molar-refractivity contribution in [3.63, 3.8) is 0 Å². The van der Waals surface area contributed by atoms with Crippen LogP contribution in [-0.4, -0.2) is 33.7 Å². The fraction of sp³-hybridized carbons (Fsp3) is 0.286. The maximum Gasteiger partial charge on any atom is 0.438 e. The predicted molar refractivity (Wildman–Crippen MR) is 106 cm³/mol. The fourth-order valence-corrected chi connectivity index (χ4v) is 3.46. The third kappa shape index (κ3) is 4.60. The molecule has 1 atom stereocenters. The average molecular weight is 396 g/mol. The van der Waals surface area contributed by atoms with E-state index in [1.54, 1.807) is 0 Å². The second-order valence-electron chi connectivity index (χ2n) is 7.09. The number of carbonyl (C=O) groups excluding carboxylic acids is 1. The Kier molecular flexibility index (Phi) is 5.53. The highest BCUT2D eigenvalue weighted by molar-refractivity contribution is 5.92. The maximum atomic E-state index is 13.1. The molecule has 0 saturated carbocycles. The Morgan fingerprint density at radius 1 is 1.17 bits per heavy atom. The van der Waals surface area contributed by atoms with Crippen molar-refractivity contribution in [3.05, 3.63) is 71.0 Å². The summed E-state index contributed by atoms with van der Waals surface area (Å²) >= 11 is 0. The van der Waals surface area contributed by atoms with Crippen molar-refractivity contribution < 1.29 is 13.6 Å². The summed E-state index contributed by atoms with van der Waals surface area (Å²) in [5, 5.41) is 7.15. The van der Waals surface area contributed by atoms with Crippen LogP contribution in [0.3, 0.4) is 0 Å². The predicted octanol–water partition coefficient (Wildman–Crippen LogP) is 2.95. The van der Waals surface area contributed by atoms with E-state index in [4.69, 9.17) is 4.42 Å². The van der Waals surface area contributed by atoms with E-state index in [2.05, 4.69) is 10.4 Å². The smallest absolute Gasteiger partial charge is 0.388 e. The van der Waals surface area contributed by atoms with Gasteiger partial charge in [0.2, 0.25) is 11.8 Å². The molecule has 1 saturated heterocycles. The Morgan fingerprint density at radius 3 is 2.69 bits per heavy atom. The van der Waals surface area contributed by atoms with Crippen molar-refractivity contribution in [3.8, 4) is 11.5 Å². The first-order chi connectivity index (χ1) is 14.1.